The number of nitrogens with zero attached hydrogens (tertiary/aromatic N) is 1. The van der Waals surface area contributed by atoms with Gasteiger partial charge in [0.15, 0.2) is 0 Å². The first-order valence-corrected chi connectivity index (χ1v) is 14.7. The first-order chi connectivity index (χ1) is 21.7. The van der Waals surface area contributed by atoms with Crippen molar-refractivity contribution >= 4 is 21.5 Å². The zero-order valence-corrected chi connectivity index (χ0v) is 24.2. The fourth-order valence-electron chi connectivity index (χ4n) is 7.25. The Balaban J connectivity index is 1.50. The highest BCUT2D eigenvalue weighted by Gasteiger charge is 2.47. The van der Waals surface area contributed by atoms with Crippen molar-refractivity contribution in [3.8, 4) is 22.4 Å². The second kappa shape index (κ2) is 9.86. The molecule has 1 aromatic heterocycles. The largest absolute Gasteiger partial charge is 0.416 e. The van der Waals surface area contributed by atoms with E-state index in [-0.39, 0.29) is 5.82 Å². The van der Waals surface area contributed by atoms with Gasteiger partial charge < -0.3 is 0 Å². The average molecular weight is 596 g/mol. The molecule has 7 aromatic rings. The van der Waals surface area contributed by atoms with Crippen LogP contribution in [0.15, 0.2) is 134 Å². The van der Waals surface area contributed by atoms with Crippen LogP contribution in [0.25, 0.3) is 43.9 Å². The zero-order chi connectivity index (χ0) is 30.9. The maximum atomic E-state index is 14.5. The van der Waals surface area contributed by atoms with E-state index in [0.717, 1.165) is 54.9 Å². The normalized spacial score (nSPS) is 13.6. The molecule has 0 saturated heterocycles. The number of aryl methyl sites for hydroxylation is 1. The number of benzene rings is 6. The lowest BCUT2D eigenvalue weighted by atomic mass is 9.67. The summed E-state index contributed by atoms with van der Waals surface area (Å²) in [6.07, 6.45) is -2.76. The molecule has 0 aliphatic heterocycles. The number of aromatic nitrogens is 1. The molecule has 5 heteroatoms. The molecule has 6 aromatic carbocycles. The third kappa shape index (κ3) is 4.11. The molecule has 0 bridgehead atoms. The summed E-state index contributed by atoms with van der Waals surface area (Å²) in [7, 11) is 0. The highest BCUT2D eigenvalue weighted by molar-refractivity contribution is 6.13. The minimum atomic E-state index is -4.50. The van der Waals surface area contributed by atoms with Gasteiger partial charge in [-0.1, -0.05) is 78.9 Å². The topological polar surface area (TPSA) is 12.9 Å². The third-order valence-electron chi connectivity index (χ3n) is 9.07. The quantitative estimate of drug-likeness (QED) is 0.146. The molecule has 218 valence electrons. The van der Waals surface area contributed by atoms with Crippen LogP contribution >= 0.6 is 0 Å². The van der Waals surface area contributed by atoms with Gasteiger partial charge in [0.1, 0.15) is 5.82 Å². The van der Waals surface area contributed by atoms with Crippen molar-refractivity contribution in [1.82, 2.24) is 4.98 Å². The van der Waals surface area contributed by atoms with E-state index in [1.807, 2.05) is 91.9 Å². The van der Waals surface area contributed by atoms with Gasteiger partial charge in [0.2, 0.25) is 0 Å². The maximum Gasteiger partial charge on any atom is 0.416 e. The Hall–Kier alpha value is -5.29. The van der Waals surface area contributed by atoms with Crippen molar-refractivity contribution < 1.29 is 17.6 Å². The molecule has 0 atom stereocenters. The molecule has 0 spiro atoms. The molecule has 45 heavy (non-hydrogen) atoms. The minimum Gasteiger partial charge on any atom is -0.256 e. The molecular formula is C40H25F4N. The SMILES string of the molecule is Cc1cc(F)cc(-c2nccc3c2ccc2cc4c(cc23)C(c2ccccc2)(c2ccccc2)c2cc(C(F)(F)F)ccc2-4)c1. The van der Waals surface area contributed by atoms with Gasteiger partial charge in [-0.15, -0.1) is 0 Å². The van der Waals surface area contributed by atoms with Gasteiger partial charge in [-0.3, -0.25) is 4.98 Å². The Labute approximate surface area is 257 Å². The van der Waals surface area contributed by atoms with Gasteiger partial charge in [0.05, 0.1) is 16.7 Å². The molecule has 1 heterocycles. The van der Waals surface area contributed by atoms with Crippen LogP contribution in [0.2, 0.25) is 0 Å². The first-order valence-electron chi connectivity index (χ1n) is 14.7. The van der Waals surface area contributed by atoms with Crippen LogP contribution in [0.1, 0.15) is 33.4 Å². The summed E-state index contributed by atoms with van der Waals surface area (Å²) in [5.74, 6) is -0.325. The monoisotopic (exact) mass is 595 g/mol. The van der Waals surface area contributed by atoms with Gasteiger partial charge in [0, 0.05) is 17.1 Å². The van der Waals surface area contributed by atoms with E-state index in [2.05, 4.69) is 17.1 Å². The fraction of sp³-hybridized carbons (Fsp3) is 0.0750. The van der Waals surface area contributed by atoms with Gasteiger partial charge >= 0.3 is 6.18 Å². The van der Waals surface area contributed by atoms with E-state index < -0.39 is 17.2 Å². The van der Waals surface area contributed by atoms with E-state index in [4.69, 9.17) is 0 Å². The molecule has 1 aliphatic carbocycles. The van der Waals surface area contributed by atoms with Crippen molar-refractivity contribution in [2.24, 2.45) is 0 Å². The van der Waals surface area contributed by atoms with Crippen molar-refractivity contribution in [1.29, 1.82) is 0 Å². The number of halogens is 4. The summed E-state index contributed by atoms with van der Waals surface area (Å²) in [6.45, 7) is 1.85. The van der Waals surface area contributed by atoms with Crippen LogP contribution in [-0.2, 0) is 11.6 Å². The molecule has 8 rings (SSSR count). The maximum absolute atomic E-state index is 14.5. The molecule has 1 aliphatic rings. The highest BCUT2D eigenvalue weighted by Crippen LogP contribution is 2.58. The average Bonchev–Trinajstić information content (AvgIpc) is 3.33. The molecule has 1 nitrogen and oxygen atoms in total. The third-order valence-corrected chi connectivity index (χ3v) is 9.07. The number of pyridine rings is 1. The summed E-state index contributed by atoms with van der Waals surface area (Å²) < 4.78 is 57.2. The van der Waals surface area contributed by atoms with Gasteiger partial charge in [0.25, 0.3) is 0 Å². The molecule has 0 N–H and O–H groups in total. The van der Waals surface area contributed by atoms with Crippen molar-refractivity contribution in [2.45, 2.75) is 18.5 Å². The Morgan fingerprint density at radius 2 is 1.29 bits per heavy atom. The summed E-state index contributed by atoms with van der Waals surface area (Å²) in [5, 5.41) is 3.71. The number of alkyl halides is 3. The first kappa shape index (κ1) is 27.3. The molecular weight excluding hydrogens is 570 g/mol. The lowest BCUT2D eigenvalue weighted by Crippen LogP contribution is -2.29. The minimum absolute atomic E-state index is 0.325. The zero-order valence-electron chi connectivity index (χ0n) is 24.2. The highest BCUT2D eigenvalue weighted by atomic mass is 19.4. The van der Waals surface area contributed by atoms with Crippen LogP contribution in [0.5, 0.6) is 0 Å². The molecule has 0 fully saturated rings. The van der Waals surface area contributed by atoms with E-state index in [1.54, 1.807) is 12.3 Å². The van der Waals surface area contributed by atoms with E-state index in [9.17, 15) is 17.6 Å². The summed E-state index contributed by atoms with van der Waals surface area (Å²) >= 11 is 0. The number of hydrogen-bond donors (Lipinski definition) is 0. The van der Waals surface area contributed by atoms with Crippen LogP contribution in [0.4, 0.5) is 17.6 Å². The summed E-state index contributed by atoms with van der Waals surface area (Å²) in [6, 6.07) is 38.8. The number of fused-ring (bicyclic) bond motifs is 6. The lowest BCUT2D eigenvalue weighted by Gasteiger charge is -2.34. The van der Waals surface area contributed by atoms with Crippen molar-refractivity contribution in [3.63, 3.8) is 0 Å². The van der Waals surface area contributed by atoms with Crippen molar-refractivity contribution in [2.75, 3.05) is 0 Å². The number of rotatable bonds is 3. The van der Waals surface area contributed by atoms with E-state index in [1.165, 1.54) is 24.3 Å². The molecule has 0 unspecified atom stereocenters. The van der Waals surface area contributed by atoms with E-state index in [0.29, 0.717) is 16.8 Å². The van der Waals surface area contributed by atoms with Crippen LogP contribution < -0.4 is 0 Å². The summed E-state index contributed by atoms with van der Waals surface area (Å²) in [4.78, 5) is 4.65. The molecule has 0 amide bonds. The Morgan fingerprint density at radius 1 is 0.600 bits per heavy atom. The lowest BCUT2D eigenvalue weighted by molar-refractivity contribution is -0.137. The smallest absolute Gasteiger partial charge is 0.256 e. The summed E-state index contributed by atoms with van der Waals surface area (Å²) in [5.41, 5.74) is 5.43. The molecule has 0 saturated carbocycles. The predicted molar refractivity (Wildman–Crippen MR) is 172 cm³/mol. The predicted octanol–water partition coefficient (Wildman–Crippen LogP) is 10.9. The second-order valence-corrected chi connectivity index (χ2v) is 11.7. The fourth-order valence-corrected chi connectivity index (χ4v) is 7.25. The van der Waals surface area contributed by atoms with Crippen LogP contribution in [-0.4, -0.2) is 4.98 Å². The van der Waals surface area contributed by atoms with Crippen molar-refractivity contribution in [3.05, 3.63) is 173 Å². The van der Waals surface area contributed by atoms with Gasteiger partial charge in [-0.25, -0.2) is 4.39 Å². The number of hydrogen-bond acceptors (Lipinski definition) is 1. The van der Waals surface area contributed by atoms with Gasteiger partial charge in [-0.05, 0) is 111 Å². The Morgan fingerprint density at radius 3 is 1.96 bits per heavy atom. The van der Waals surface area contributed by atoms with E-state index >= 15 is 0 Å². The Kier molecular flexibility index (Phi) is 5.98. The Bertz CT molecular complexity index is 2210. The van der Waals surface area contributed by atoms with Gasteiger partial charge in [-0.2, -0.15) is 13.2 Å². The van der Waals surface area contributed by atoms with Crippen LogP contribution in [0.3, 0.4) is 0 Å². The van der Waals surface area contributed by atoms with Crippen LogP contribution in [0, 0.1) is 12.7 Å². The standard InChI is InChI=1S/C40H25F4N/c1-24-18-26(20-30(41)19-24)38-33-14-12-25-21-35-32-15-13-29(40(42,43)44)22-36(32)39(27-8-4-2-5-9-27,28-10-6-3-7-11-28)37(35)23-34(25)31(33)16-17-45-38/h2-23H,1H3. The second-order valence-electron chi connectivity index (χ2n) is 11.7. The molecule has 0 radical (unpaired) electrons.